The summed E-state index contributed by atoms with van der Waals surface area (Å²) in [6, 6.07) is 0. The Hall–Kier alpha value is 0.400. The molecule has 74 valence electrons. The first-order valence-electron chi connectivity index (χ1n) is 4.48. The second-order valence-corrected chi connectivity index (χ2v) is 4.78. The minimum Gasteiger partial charge on any atom is -0.385 e. The van der Waals surface area contributed by atoms with Crippen molar-refractivity contribution in [3.63, 3.8) is 0 Å². The van der Waals surface area contributed by atoms with E-state index in [1.165, 1.54) is 6.42 Å². The summed E-state index contributed by atoms with van der Waals surface area (Å²) in [5, 5.41) is 0. The number of methoxy groups -OCH3 is 1. The van der Waals surface area contributed by atoms with Crippen LogP contribution in [0.15, 0.2) is 0 Å². The summed E-state index contributed by atoms with van der Waals surface area (Å²) >= 11 is 3.53. The summed E-state index contributed by atoms with van der Waals surface area (Å²) in [5.74, 6) is 0. The molecule has 0 aromatic carbocycles. The van der Waals surface area contributed by atoms with E-state index in [0.717, 1.165) is 26.1 Å². The minimum atomic E-state index is 0.627. The zero-order valence-electron chi connectivity index (χ0n) is 8.35. The summed E-state index contributed by atoms with van der Waals surface area (Å²) in [6.07, 6.45) is 2.34. The normalized spacial score (nSPS) is 13.8. The molecule has 0 fully saturated rings. The lowest BCUT2D eigenvalue weighted by molar-refractivity contribution is 0.179. The number of halogens is 1. The first-order chi connectivity index (χ1) is 5.66. The predicted octanol–water partition coefficient (Wildman–Crippen LogP) is 2.13. The van der Waals surface area contributed by atoms with Gasteiger partial charge in [-0.1, -0.05) is 22.9 Å². The summed E-state index contributed by atoms with van der Waals surface area (Å²) in [7, 11) is 3.91. The molecule has 3 heteroatoms. The largest absolute Gasteiger partial charge is 0.385 e. The van der Waals surface area contributed by atoms with Gasteiger partial charge in [0.1, 0.15) is 0 Å². The van der Waals surface area contributed by atoms with E-state index in [-0.39, 0.29) is 0 Å². The molecule has 0 spiro atoms. The maximum absolute atomic E-state index is 4.98. The van der Waals surface area contributed by atoms with Crippen molar-refractivity contribution in [1.29, 1.82) is 0 Å². The Bertz CT molecular complexity index is 98.5. The summed E-state index contributed by atoms with van der Waals surface area (Å²) in [6.45, 7) is 5.35. The third kappa shape index (κ3) is 8.50. The van der Waals surface area contributed by atoms with Gasteiger partial charge in [-0.05, 0) is 26.4 Å². The molecule has 0 amide bonds. The number of ether oxygens (including phenoxy) is 1. The molecule has 0 heterocycles. The smallest absolute Gasteiger partial charge is 0.0474 e. The van der Waals surface area contributed by atoms with E-state index in [0.29, 0.717) is 4.83 Å². The molecule has 0 aliphatic carbocycles. The van der Waals surface area contributed by atoms with Crippen molar-refractivity contribution in [2.24, 2.45) is 0 Å². The van der Waals surface area contributed by atoms with Crippen LogP contribution in [0.1, 0.15) is 19.8 Å². The molecule has 0 bridgehead atoms. The predicted molar refractivity (Wildman–Crippen MR) is 57.0 cm³/mol. The number of nitrogens with zero attached hydrogens (tertiary/aromatic N) is 1. The Kier molecular flexibility index (Phi) is 8.29. The highest BCUT2D eigenvalue weighted by molar-refractivity contribution is 9.09. The molecule has 0 radical (unpaired) electrons. The van der Waals surface area contributed by atoms with Crippen LogP contribution in [0.4, 0.5) is 0 Å². The van der Waals surface area contributed by atoms with E-state index >= 15 is 0 Å². The van der Waals surface area contributed by atoms with E-state index in [4.69, 9.17) is 4.74 Å². The van der Waals surface area contributed by atoms with Crippen molar-refractivity contribution in [2.75, 3.05) is 33.9 Å². The topological polar surface area (TPSA) is 12.5 Å². The van der Waals surface area contributed by atoms with Crippen LogP contribution in [0.25, 0.3) is 0 Å². The second kappa shape index (κ2) is 8.02. The van der Waals surface area contributed by atoms with Gasteiger partial charge in [0, 0.05) is 25.1 Å². The Morgan fingerprint density at radius 2 is 2.08 bits per heavy atom. The molecule has 2 nitrogen and oxygen atoms in total. The number of hydrogen-bond acceptors (Lipinski definition) is 2. The van der Waals surface area contributed by atoms with E-state index < -0.39 is 0 Å². The molecule has 0 saturated heterocycles. The lowest BCUT2D eigenvalue weighted by Gasteiger charge is -2.16. The highest BCUT2D eigenvalue weighted by atomic mass is 79.9. The fraction of sp³-hybridized carbons (Fsp3) is 1.00. The molecule has 0 aliphatic heterocycles. The van der Waals surface area contributed by atoms with Gasteiger partial charge in [-0.2, -0.15) is 0 Å². The van der Waals surface area contributed by atoms with Crippen molar-refractivity contribution in [2.45, 2.75) is 24.6 Å². The first kappa shape index (κ1) is 12.4. The van der Waals surface area contributed by atoms with Crippen LogP contribution in [-0.4, -0.2) is 43.6 Å². The first-order valence-corrected chi connectivity index (χ1v) is 5.40. The summed E-state index contributed by atoms with van der Waals surface area (Å²) in [4.78, 5) is 2.97. The maximum atomic E-state index is 4.98. The molecule has 0 aromatic heterocycles. The Morgan fingerprint density at radius 3 is 2.58 bits per heavy atom. The SMILES string of the molecule is COCCCN(C)CCC(C)Br. The fourth-order valence-corrected chi connectivity index (χ4v) is 1.19. The second-order valence-electron chi connectivity index (χ2n) is 3.22. The molecule has 12 heavy (non-hydrogen) atoms. The van der Waals surface area contributed by atoms with Crippen LogP contribution in [0.2, 0.25) is 0 Å². The van der Waals surface area contributed by atoms with Crippen LogP contribution in [0.5, 0.6) is 0 Å². The molecule has 0 aliphatic rings. The number of hydrogen-bond donors (Lipinski definition) is 0. The quantitative estimate of drug-likeness (QED) is 0.497. The van der Waals surface area contributed by atoms with E-state index in [1.807, 2.05) is 0 Å². The Labute approximate surface area is 84.4 Å². The van der Waals surface area contributed by atoms with Gasteiger partial charge in [-0.3, -0.25) is 0 Å². The molecule has 0 N–H and O–H groups in total. The third-order valence-electron chi connectivity index (χ3n) is 1.80. The van der Waals surface area contributed by atoms with Crippen molar-refractivity contribution in [1.82, 2.24) is 4.90 Å². The van der Waals surface area contributed by atoms with Crippen molar-refractivity contribution in [3.05, 3.63) is 0 Å². The number of rotatable bonds is 7. The van der Waals surface area contributed by atoms with Crippen molar-refractivity contribution < 1.29 is 4.74 Å². The average Bonchev–Trinajstić information content (AvgIpc) is 2.01. The average molecular weight is 238 g/mol. The minimum absolute atomic E-state index is 0.627. The Balaban J connectivity index is 3.15. The van der Waals surface area contributed by atoms with Gasteiger partial charge in [0.25, 0.3) is 0 Å². The van der Waals surface area contributed by atoms with Crippen LogP contribution < -0.4 is 0 Å². The van der Waals surface area contributed by atoms with E-state index in [9.17, 15) is 0 Å². The summed E-state index contributed by atoms with van der Waals surface area (Å²) < 4.78 is 4.98. The van der Waals surface area contributed by atoms with Crippen molar-refractivity contribution >= 4 is 15.9 Å². The highest BCUT2D eigenvalue weighted by Gasteiger charge is 2.00. The fourth-order valence-electron chi connectivity index (χ4n) is 0.989. The van der Waals surface area contributed by atoms with Gasteiger partial charge in [-0.15, -0.1) is 0 Å². The van der Waals surface area contributed by atoms with E-state index in [1.54, 1.807) is 7.11 Å². The van der Waals surface area contributed by atoms with Crippen LogP contribution >= 0.6 is 15.9 Å². The van der Waals surface area contributed by atoms with Crippen molar-refractivity contribution in [3.8, 4) is 0 Å². The zero-order valence-corrected chi connectivity index (χ0v) is 9.93. The molecule has 0 aromatic rings. The van der Waals surface area contributed by atoms with Gasteiger partial charge < -0.3 is 9.64 Å². The lowest BCUT2D eigenvalue weighted by atomic mass is 10.3. The number of alkyl halides is 1. The standard InChI is InChI=1S/C9H20BrNO/c1-9(10)5-7-11(2)6-4-8-12-3/h9H,4-8H2,1-3H3. The molecule has 0 rings (SSSR count). The molecule has 1 unspecified atom stereocenters. The molecule has 1 atom stereocenters. The zero-order chi connectivity index (χ0) is 9.40. The maximum Gasteiger partial charge on any atom is 0.0474 e. The Morgan fingerprint density at radius 1 is 1.42 bits per heavy atom. The van der Waals surface area contributed by atoms with Crippen LogP contribution in [-0.2, 0) is 4.74 Å². The van der Waals surface area contributed by atoms with E-state index in [2.05, 4.69) is 34.8 Å². The van der Waals surface area contributed by atoms with Gasteiger partial charge in [-0.25, -0.2) is 0 Å². The molecular weight excluding hydrogens is 218 g/mol. The summed E-state index contributed by atoms with van der Waals surface area (Å²) in [5.41, 5.74) is 0. The molecule has 0 saturated carbocycles. The van der Waals surface area contributed by atoms with Crippen LogP contribution in [0, 0.1) is 0 Å². The van der Waals surface area contributed by atoms with Gasteiger partial charge in [0.2, 0.25) is 0 Å². The lowest BCUT2D eigenvalue weighted by Crippen LogP contribution is -2.23. The highest BCUT2D eigenvalue weighted by Crippen LogP contribution is 2.03. The van der Waals surface area contributed by atoms with Crippen LogP contribution in [0.3, 0.4) is 0 Å². The molecular formula is C9H20BrNO. The van der Waals surface area contributed by atoms with Gasteiger partial charge >= 0.3 is 0 Å². The van der Waals surface area contributed by atoms with Gasteiger partial charge in [0.15, 0.2) is 0 Å². The monoisotopic (exact) mass is 237 g/mol. The third-order valence-corrected chi connectivity index (χ3v) is 2.25. The van der Waals surface area contributed by atoms with Gasteiger partial charge in [0.05, 0.1) is 0 Å².